The van der Waals surface area contributed by atoms with Gasteiger partial charge in [0.05, 0.1) is 4.90 Å². The number of benzene rings is 2. The summed E-state index contributed by atoms with van der Waals surface area (Å²) >= 11 is 0. The first kappa shape index (κ1) is 30.1. The van der Waals surface area contributed by atoms with E-state index in [0.29, 0.717) is 13.0 Å². The van der Waals surface area contributed by atoms with Crippen LogP contribution in [0.25, 0.3) is 0 Å². The summed E-state index contributed by atoms with van der Waals surface area (Å²) < 4.78 is 39.9. The van der Waals surface area contributed by atoms with Crippen LogP contribution in [0.3, 0.4) is 0 Å². The Kier molecular flexibility index (Phi) is 12.4. The maximum absolute atomic E-state index is 11.8. The lowest BCUT2D eigenvalue weighted by Crippen LogP contribution is -2.34. The van der Waals surface area contributed by atoms with Gasteiger partial charge in [-0.1, -0.05) is 48.0 Å². The minimum atomic E-state index is -4.02. The number of unbranched alkanes of at least 4 members (excludes halogenated alkanes) is 1. The van der Waals surface area contributed by atoms with Crippen molar-refractivity contribution in [3.63, 3.8) is 0 Å². The van der Waals surface area contributed by atoms with Crippen molar-refractivity contribution in [1.29, 1.82) is 0 Å². The first-order valence-corrected chi connectivity index (χ1v) is 12.7. The number of nitrogens with two attached hydrogens (primary N) is 1. The Labute approximate surface area is 207 Å². The molecule has 0 unspecified atom stereocenters. The van der Waals surface area contributed by atoms with Crippen LogP contribution in [0.2, 0.25) is 0 Å². The largest absolute Gasteiger partial charge is 0.460 e. The summed E-state index contributed by atoms with van der Waals surface area (Å²) in [6.45, 7) is 7.99. The Balaban J connectivity index is 0.000000462. The van der Waals surface area contributed by atoms with Crippen LogP contribution in [-0.2, 0) is 31.0 Å². The summed E-state index contributed by atoms with van der Waals surface area (Å²) in [5.41, 5.74) is 7.20. The number of rotatable bonds is 9. The number of aryl methyl sites for hydroxylation is 1. The smallest absolute Gasteiger partial charge is 0.407 e. The molecule has 0 aliphatic heterocycles. The van der Waals surface area contributed by atoms with Gasteiger partial charge in [0.2, 0.25) is 0 Å². The van der Waals surface area contributed by atoms with Gasteiger partial charge in [-0.15, -0.1) is 0 Å². The zero-order chi connectivity index (χ0) is 26.5. The van der Waals surface area contributed by atoms with Gasteiger partial charge in [-0.25, -0.2) is 4.79 Å². The number of esters is 1. The van der Waals surface area contributed by atoms with Crippen molar-refractivity contribution >= 4 is 22.2 Å². The SMILES string of the molecule is CC(C)(C)OC(=O)NCCCC[C@H](N)C(=O)OCc1ccccc1.Cc1ccc(S(=O)(=O)O)cc1. The van der Waals surface area contributed by atoms with Crippen molar-refractivity contribution in [3.05, 3.63) is 65.7 Å². The van der Waals surface area contributed by atoms with Crippen molar-refractivity contribution in [2.45, 2.75) is 70.1 Å². The molecule has 2 aromatic rings. The monoisotopic (exact) mass is 508 g/mol. The predicted molar refractivity (Wildman–Crippen MR) is 133 cm³/mol. The molecule has 2 rings (SSSR count). The highest BCUT2D eigenvalue weighted by molar-refractivity contribution is 7.85. The number of hydrogen-bond donors (Lipinski definition) is 3. The summed E-state index contributed by atoms with van der Waals surface area (Å²) in [7, 11) is -4.02. The number of carbonyl (C=O) groups excluding carboxylic acids is 2. The van der Waals surface area contributed by atoms with Crippen LogP contribution in [0.4, 0.5) is 4.79 Å². The van der Waals surface area contributed by atoms with Crippen LogP contribution < -0.4 is 11.1 Å². The molecule has 1 atom stereocenters. The molecule has 10 heteroatoms. The van der Waals surface area contributed by atoms with Gasteiger partial charge >= 0.3 is 12.1 Å². The van der Waals surface area contributed by atoms with Crippen molar-refractivity contribution in [2.75, 3.05) is 6.54 Å². The molecule has 0 radical (unpaired) electrons. The molecule has 0 heterocycles. The van der Waals surface area contributed by atoms with Crippen molar-refractivity contribution in [1.82, 2.24) is 5.32 Å². The van der Waals surface area contributed by atoms with E-state index in [2.05, 4.69) is 5.32 Å². The van der Waals surface area contributed by atoms with Crippen LogP contribution in [0.1, 0.15) is 51.2 Å². The molecule has 0 aliphatic carbocycles. The molecule has 194 valence electrons. The van der Waals surface area contributed by atoms with Crippen LogP contribution >= 0.6 is 0 Å². The molecule has 0 spiro atoms. The normalized spacial score (nSPS) is 12.1. The highest BCUT2D eigenvalue weighted by atomic mass is 32.2. The second-order valence-corrected chi connectivity index (χ2v) is 10.3. The Morgan fingerprint density at radius 3 is 2.17 bits per heavy atom. The summed E-state index contributed by atoms with van der Waals surface area (Å²) in [5.74, 6) is -0.404. The van der Waals surface area contributed by atoms with E-state index in [4.69, 9.17) is 19.8 Å². The van der Waals surface area contributed by atoms with E-state index in [-0.39, 0.29) is 11.5 Å². The molecule has 0 saturated heterocycles. The van der Waals surface area contributed by atoms with Gasteiger partial charge in [0.25, 0.3) is 10.1 Å². The fraction of sp³-hybridized carbons (Fsp3) is 0.440. The average Bonchev–Trinajstić information content (AvgIpc) is 2.76. The van der Waals surface area contributed by atoms with Gasteiger partial charge in [-0.05, 0) is 64.7 Å². The summed E-state index contributed by atoms with van der Waals surface area (Å²) in [4.78, 5) is 23.2. The van der Waals surface area contributed by atoms with Crippen molar-refractivity contribution < 1.29 is 32.0 Å². The Morgan fingerprint density at radius 1 is 1.03 bits per heavy atom. The van der Waals surface area contributed by atoms with E-state index >= 15 is 0 Å². The first-order chi connectivity index (χ1) is 16.3. The molecular formula is C25H36N2O7S. The van der Waals surface area contributed by atoms with Gasteiger partial charge in [-0.3, -0.25) is 9.35 Å². The number of alkyl carbamates (subject to hydrolysis) is 1. The minimum Gasteiger partial charge on any atom is -0.460 e. The molecule has 0 saturated carbocycles. The Bertz CT molecular complexity index is 1020. The topological polar surface area (TPSA) is 145 Å². The lowest BCUT2D eigenvalue weighted by Gasteiger charge is -2.19. The zero-order valence-electron chi connectivity index (χ0n) is 20.7. The minimum absolute atomic E-state index is 0.0666. The lowest BCUT2D eigenvalue weighted by molar-refractivity contribution is -0.146. The molecule has 2 aromatic carbocycles. The second kappa shape index (κ2) is 14.4. The van der Waals surface area contributed by atoms with Gasteiger partial charge in [0.1, 0.15) is 18.2 Å². The molecule has 0 bridgehead atoms. The summed E-state index contributed by atoms with van der Waals surface area (Å²) in [6, 6.07) is 14.8. The molecule has 4 N–H and O–H groups in total. The molecule has 0 fully saturated rings. The van der Waals surface area contributed by atoms with E-state index in [9.17, 15) is 18.0 Å². The van der Waals surface area contributed by atoms with E-state index < -0.39 is 33.8 Å². The van der Waals surface area contributed by atoms with Gasteiger partial charge < -0.3 is 20.5 Å². The molecule has 9 nitrogen and oxygen atoms in total. The standard InChI is InChI=1S/C18H28N2O4.C7H8O3S/c1-18(2,3)24-17(22)20-12-8-7-11-15(19)16(21)23-13-14-9-5-4-6-10-14;1-6-2-4-7(5-3-6)11(8,9)10/h4-6,9-10,15H,7-8,11-13,19H2,1-3H3,(H,20,22);2-5H,1H3,(H,8,9,10)/t15-;/m0./s1. The Hall–Kier alpha value is -2.95. The van der Waals surface area contributed by atoms with E-state index in [0.717, 1.165) is 24.0 Å². The maximum atomic E-state index is 11.8. The predicted octanol–water partition coefficient (Wildman–Crippen LogP) is 3.99. The number of hydrogen-bond acceptors (Lipinski definition) is 7. The fourth-order valence-corrected chi connectivity index (χ4v) is 3.14. The van der Waals surface area contributed by atoms with E-state index in [1.807, 2.05) is 58.0 Å². The van der Waals surface area contributed by atoms with Crippen molar-refractivity contribution in [2.24, 2.45) is 5.73 Å². The van der Waals surface area contributed by atoms with Gasteiger partial charge in [0, 0.05) is 6.54 Å². The third kappa shape index (κ3) is 14.1. The van der Waals surface area contributed by atoms with Gasteiger partial charge in [0.15, 0.2) is 0 Å². The Morgan fingerprint density at radius 2 is 1.63 bits per heavy atom. The lowest BCUT2D eigenvalue weighted by atomic mass is 10.1. The molecule has 0 aliphatic rings. The van der Waals surface area contributed by atoms with Crippen LogP contribution in [0.5, 0.6) is 0 Å². The van der Waals surface area contributed by atoms with E-state index in [1.165, 1.54) is 12.1 Å². The third-order valence-electron chi connectivity index (χ3n) is 4.46. The van der Waals surface area contributed by atoms with Crippen LogP contribution in [0.15, 0.2) is 59.5 Å². The number of ether oxygens (including phenoxy) is 2. The number of carbonyl (C=O) groups is 2. The molecular weight excluding hydrogens is 472 g/mol. The fourth-order valence-electron chi connectivity index (χ4n) is 2.66. The molecule has 0 aromatic heterocycles. The van der Waals surface area contributed by atoms with Crippen LogP contribution in [0, 0.1) is 6.92 Å². The summed E-state index contributed by atoms with van der Waals surface area (Å²) in [5, 5.41) is 2.67. The second-order valence-electron chi connectivity index (χ2n) is 8.91. The third-order valence-corrected chi connectivity index (χ3v) is 5.32. The highest BCUT2D eigenvalue weighted by Crippen LogP contribution is 2.09. The number of nitrogens with one attached hydrogen (secondary N) is 1. The first-order valence-electron chi connectivity index (χ1n) is 11.2. The molecule has 35 heavy (non-hydrogen) atoms. The summed E-state index contributed by atoms with van der Waals surface area (Å²) in [6.07, 6.45) is 1.52. The average molecular weight is 509 g/mol. The highest BCUT2D eigenvalue weighted by Gasteiger charge is 2.16. The zero-order valence-corrected chi connectivity index (χ0v) is 21.5. The number of amides is 1. The quantitative estimate of drug-likeness (QED) is 0.262. The van der Waals surface area contributed by atoms with E-state index in [1.54, 1.807) is 12.1 Å². The van der Waals surface area contributed by atoms with Gasteiger partial charge in [-0.2, -0.15) is 8.42 Å². The maximum Gasteiger partial charge on any atom is 0.407 e. The van der Waals surface area contributed by atoms with Crippen molar-refractivity contribution in [3.8, 4) is 0 Å². The van der Waals surface area contributed by atoms with Crippen LogP contribution in [-0.4, -0.2) is 43.2 Å². The molecule has 1 amide bonds.